The van der Waals surface area contributed by atoms with Gasteiger partial charge in [-0.2, -0.15) is 0 Å². The molecular formula is C31H56BO2. The van der Waals surface area contributed by atoms with Crippen LogP contribution in [0.25, 0.3) is 0 Å². The van der Waals surface area contributed by atoms with E-state index in [2.05, 4.69) is 26.0 Å². The molecule has 0 aliphatic heterocycles. The molecule has 2 nitrogen and oxygen atoms in total. The van der Waals surface area contributed by atoms with Gasteiger partial charge in [0.1, 0.15) is 5.75 Å². The number of hydrogen-bond acceptors (Lipinski definition) is 2. The first-order valence-electron chi connectivity index (χ1n) is 15.0. The van der Waals surface area contributed by atoms with E-state index in [-0.39, 0.29) is 0 Å². The van der Waals surface area contributed by atoms with E-state index in [4.69, 9.17) is 4.74 Å². The number of benzene rings is 1. The average molecular weight is 472 g/mol. The number of unbranched alkanes of at least 4 members (excludes halogenated alkanes) is 19. The third-order valence-electron chi connectivity index (χ3n) is 6.97. The van der Waals surface area contributed by atoms with Crippen molar-refractivity contribution >= 4 is 12.9 Å². The molecule has 0 bridgehead atoms. The molecule has 1 rings (SSSR count). The van der Waals surface area contributed by atoms with Crippen LogP contribution in [-0.2, 0) is 6.42 Å². The molecule has 0 unspecified atom stereocenters. The van der Waals surface area contributed by atoms with Gasteiger partial charge in [0.15, 0.2) is 0 Å². The van der Waals surface area contributed by atoms with Gasteiger partial charge in [-0.3, -0.25) is 0 Å². The summed E-state index contributed by atoms with van der Waals surface area (Å²) in [6.45, 7) is 5.34. The molecule has 195 valence electrons. The molecule has 1 radical (unpaired) electrons. The van der Waals surface area contributed by atoms with E-state index in [1.807, 2.05) is 6.07 Å². The predicted molar refractivity (Wildman–Crippen MR) is 152 cm³/mol. The van der Waals surface area contributed by atoms with Crippen molar-refractivity contribution in [1.82, 2.24) is 0 Å². The van der Waals surface area contributed by atoms with Crippen molar-refractivity contribution in [3.8, 4) is 5.75 Å². The Morgan fingerprint density at radius 2 is 1.00 bits per heavy atom. The molecule has 3 heteroatoms. The van der Waals surface area contributed by atoms with Gasteiger partial charge in [-0.15, -0.1) is 0 Å². The van der Waals surface area contributed by atoms with Crippen LogP contribution in [0.1, 0.15) is 154 Å². The Morgan fingerprint density at radius 3 is 1.47 bits per heavy atom. The molecule has 0 saturated carbocycles. The molecule has 0 fully saturated rings. The zero-order valence-corrected chi connectivity index (χ0v) is 22.9. The Labute approximate surface area is 213 Å². The summed E-state index contributed by atoms with van der Waals surface area (Å²) in [4.78, 5) is 0. The normalized spacial score (nSPS) is 11.1. The predicted octanol–water partition coefficient (Wildman–Crippen LogP) is 9.08. The zero-order valence-electron chi connectivity index (χ0n) is 22.9. The standard InChI is InChI=1S/C31H56BO2/c1-3-5-7-9-11-13-14-15-16-17-18-20-22-24-29-26-30(32-33)28-31(27-29)34-25-23-21-19-12-10-8-6-4-2/h26-28,33H,3-25H2,1-2H3. The molecule has 1 aromatic rings. The molecule has 0 spiro atoms. The van der Waals surface area contributed by atoms with Gasteiger partial charge in [0.05, 0.1) is 6.61 Å². The lowest BCUT2D eigenvalue weighted by Crippen LogP contribution is -2.15. The van der Waals surface area contributed by atoms with Crippen molar-refractivity contribution in [2.24, 2.45) is 0 Å². The summed E-state index contributed by atoms with van der Waals surface area (Å²) in [5.74, 6) is 0.912. The highest BCUT2D eigenvalue weighted by Crippen LogP contribution is 2.17. The van der Waals surface area contributed by atoms with Crippen LogP contribution in [0, 0.1) is 0 Å². The van der Waals surface area contributed by atoms with Gasteiger partial charge >= 0.3 is 7.48 Å². The molecule has 1 aromatic carbocycles. The highest BCUT2D eigenvalue weighted by atomic mass is 16.5. The van der Waals surface area contributed by atoms with Gasteiger partial charge in [0.2, 0.25) is 0 Å². The molecule has 0 aliphatic rings. The molecule has 1 N–H and O–H groups in total. The third kappa shape index (κ3) is 18.4. The van der Waals surface area contributed by atoms with Crippen LogP contribution in [0.5, 0.6) is 5.75 Å². The SMILES string of the molecule is CCCCCCCCCCCCCCCc1cc([B]O)cc(OCCCCCCCCCC)c1. The minimum absolute atomic E-state index is 0.780. The maximum Gasteiger partial charge on any atom is 0.326 e. The van der Waals surface area contributed by atoms with Crippen molar-refractivity contribution in [1.29, 1.82) is 0 Å². The molecular weight excluding hydrogens is 415 g/mol. The first-order valence-corrected chi connectivity index (χ1v) is 15.0. The van der Waals surface area contributed by atoms with E-state index in [0.717, 1.165) is 30.7 Å². The van der Waals surface area contributed by atoms with Crippen molar-refractivity contribution in [2.45, 2.75) is 155 Å². The summed E-state index contributed by atoms with van der Waals surface area (Å²) in [5, 5.41) is 9.52. The minimum atomic E-state index is 0.780. The monoisotopic (exact) mass is 471 g/mol. The Hall–Kier alpha value is -0.955. The Bertz CT molecular complexity index is 560. The molecule has 0 atom stereocenters. The second kappa shape index (κ2) is 23.8. The van der Waals surface area contributed by atoms with Gasteiger partial charge < -0.3 is 9.76 Å². The molecule has 0 saturated heterocycles. The highest BCUT2D eigenvalue weighted by molar-refractivity contribution is 6.45. The van der Waals surface area contributed by atoms with Crippen LogP contribution in [0.2, 0.25) is 0 Å². The lowest BCUT2D eigenvalue weighted by atomic mass is 9.86. The van der Waals surface area contributed by atoms with Crippen LogP contribution in [0.4, 0.5) is 0 Å². The Morgan fingerprint density at radius 1 is 0.559 bits per heavy atom. The number of aryl methyl sites for hydroxylation is 1. The molecule has 0 aliphatic carbocycles. The Kier molecular flexibility index (Phi) is 21.7. The average Bonchev–Trinajstić information content (AvgIpc) is 2.85. The van der Waals surface area contributed by atoms with Gasteiger partial charge in [-0.05, 0) is 42.4 Å². The lowest BCUT2D eigenvalue weighted by Gasteiger charge is -2.11. The van der Waals surface area contributed by atoms with E-state index >= 15 is 0 Å². The van der Waals surface area contributed by atoms with Gasteiger partial charge in [-0.25, -0.2) is 0 Å². The fraction of sp³-hybridized carbons (Fsp3) is 0.806. The van der Waals surface area contributed by atoms with E-state index in [0.29, 0.717) is 0 Å². The largest absolute Gasteiger partial charge is 0.494 e. The van der Waals surface area contributed by atoms with Crippen molar-refractivity contribution in [2.75, 3.05) is 6.61 Å². The molecule has 0 amide bonds. The third-order valence-corrected chi connectivity index (χ3v) is 6.97. The quantitative estimate of drug-likeness (QED) is 0.114. The summed E-state index contributed by atoms with van der Waals surface area (Å²) < 4.78 is 6.02. The van der Waals surface area contributed by atoms with E-state index in [9.17, 15) is 5.02 Å². The second-order valence-electron chi connectivity index (χ2n) is 10.4. The van der Waals surface area contributed by atoms with Crippen LogP contribution >= 0.6 is 0 Å². The molecule has 0 heterocycles. The summed E-state index contributed by atoms with van der Waals surface area (Å²) in [7, 11) is 1.20. The second-order valence-corrected chi connectivity index (χ2v) is 10.4. The molecule has 0 aromatic heterocycles. The summed E-state index contributed by atoms with van der Waals surface area (Å²) in [6.07, 6.45) is 29.6. The van der Waals surface area contributed by atoms with Crippen molar-refractivity contribution in [3.63, 3.8) is 0 Å². The number of hydrogen-bond donors (Lipinski definition) is 1. The number of rotatable bonds is 25. The highest BCUT2D eigenvalue weighted by Gasteiger charge is 2.04. The maximum atomic E-state index is 9.52. The minimum Gasteiger partial charge on any atom is -0.494 e. The zero-order chi connectivity index (χ0) is 24.5. The summed E-state index contributed by atoms with van der Waals surface area (Å²) in [6, 6.07) is 6.24. The van der Waals surface area contributed by atoms with E-state index in [1.54, 1.807) is 0 Å². The Balaban J connectivity index is 2.08. The van der Waals surface area contributed by atoms with Crippen LogP contribution in [0.3, 0.4) is 0 Å². The summed E-state index contributed by atoms with van der Waals surface area (Å²) >= 11 is 0. The van der Waals surface area contributed by atoms with Crippen LogP contribution in [-0.4, -0.2) is 19.1 Å². The maximum absolute atomic E-state index is 9.52. The fourth-order valence-electron chi connectivity index (χ4n) is 4.76. The van der Waals surface area contributed by atoms with Gasteiger partial charge in [0.25, 0.3) is 0 Å². The van der Waals surface area contributed by atoms with Crippen molar-refractivity contribution in [3.05, 3.63) is 23.8 Å². The van der Waals surface area contributed by atoms with Gasteiger partial charge in [-0.1, -0.05) is 142 Å². The smallest absolute Gasteiger partial charge is 0.326 e. The fourth-order valence-corrected chi connectivity index (χ4v) is 4.76. The topological polar surface area (TPSA) is 29.5 Å². The first kappa shape index (κ1) is 31.1. The lowest BCUT2D eigenvalue weighted by molar-refractivity contribution is 0.304. The van der Waals surface area contributed by atoms with Crippen molar-refractivity contribution < 1.29 is 9.76 Å². The van der Waals surface area contributed by atoms with E-state index in [1.165, 1.54) is 141 Å². The van der Waals surface area contributed by atoms with Crippen LogP contribution < -0.4 is 10.2 Å². The van der Waals surface area contributed by atoms with Crippen LogP contribution in [0.15, 0.2) is 18.2 Å². The van der Waals surface area contributed by atoms with E-state index < -0.39 is 0 Å². The first-order chi connectivity index (χ1) is 16.8. The molecule has 34 heavy (non-hydrogen) atoms. The summed E-state index contributed by atoms with van der Waals surface area (Å²) in [5.41, 5.74) is 2.15. The number of ether oxygens (including phenoxy) is 1. The van der Waals surface area contributed by atoms with Gasteiger partial charge in [0, 0.05) is 0 Å².